The molecule has 2 aromatic carbocycles. The molecule has 0 saturated carbocycles. The summed E-state index contributed by atoms with van der Waals surface area (Å²) in [4.78, 5) is 11.8. The van der Waals surface area contributed by atoms with Crippen LogP contribution in [0, 0.1) is 0 Å². The van der Waals surface area contributed by atoms with Gasteiger partial charge in [-0.1, -0.05) is 48.5 Å². The van der Waals surface area contributed by atoms with Crippen molar-refractivity contribution >= 4 is 11.5 Å². The normalized spacial score (nSPS) is 10.8. The van der Waals surface area contributed by atoms with Gasteiger partial charge in [0.15, 0.2) is 0 Å². The zero-order chi connectivity index (χ0) is 17.9. The zero-order valence-corrected chi connectivity index (χ0v) is 14.4. The van der Waals surface area contributed by atoms with Gasteiger partial charge in [0.2, 0.25) is 0 Å². The van der Waals surface area contributed by atoms with E-state index in [9.17, 15) is 4.79 Å². The average Bonchev–Trinajstić information content (AvgIpc) is 3.14. The molecule has 0 aliphatic carbocycles. The smallest absolute Gasteiger partial charge is 0.337 e. The second-order valence-corrected chi connectivity index (χ2v) is 6.12. The van der Waals surface area contributed by atoms with Gasteiger partial charge < -0.3 is 4.74 Å². The van der Waals surface area contributed by atoms with Crippen molar-refractivity contribution in [1.29, 1.82) is 0 Å². The van der Waals surface area contributed by atoms with Gasteiger partial charge in [0.25, 0.3) is 0 Å². The van der Waals surface area contributed by atoms with Crippen LogP contribution in [0.3, 0.4) is 0 Å². The van der Waals surface area contributed by atoms with E-state index in [0.717, 1.165) is 28.0 Å². The molecule has 0 saturated heterocycles. The summed E-state index contributed by atoms with van der Waals surface area (Å²) in [6.45, 7) is 0. The number of carbonyl (C=O) groups is 1. The lowest BCUT2D eigenvalue weighted by Crippen LogP contribution is -2.03. The van der Waals surface area contributed by atoms with E-state index in [0.29, 0.717) is 12.0 Å². The van der Waals surface area contributed by atoms with Crippen LogP contribution in [-0.4, -0.2) is 22.7 Å². The summed E-state index contributed by atoms with van der Waals surface area (Å²) in [5.74, 6) is -0.324. The third-order valence-electron chi connectivity index (χ3n) is 4.37. The van der Waals surface area contributed by atoms with Crippen LogP contribution in [0.15, 0.2) is 78.9 Å². The first-order valence-electron chi connectivity index (χ1n) is 8.45. The first-order chi connectivity index (χ1) is 12.7. The number of methoxy groups -OCH3 is 1. The lowest BCUT2D eigenvalue weighted by atomic mass is 10.1. The second-order valence-electron chi connectivity index (χ2n) is 6.12. The number of fused-ring (bicyclic) bond motifs is 1. The molecule has 0 aliphatic rings. The number of rotatable bonds is 4. The predicted molar refractivity (Wildman–Crippen MR) is 101 cm³/mol. The molecule has 0 bridgehead atoms. The molecule has 0 spiro atoms. The Labute approximate surface area is 151 Å². The SMILES string of the molecule is COC(=O)c1cccc(Cc2cccc3cc(-c4ccccc4)nn23)c1. The van der Waals surface area contributed by atoms with Gasteiger partial charge in [-0.3, -0.25) is 0 Å². The van der Waals surface area contributed by atoms with Gasteiger partial charge in [-0.25, -0.2) is 9.31 Å². The van der Waals surface area contributed by atoms with Gasteiger partial charge in [0.1, 0.15) is 0 Å². The molecule has 26 heavy (non-hydrogen) atoms. The number of carbonyl (C=O) groups excluding carboxylic acids is 1. The molecule has 0 N–H and O–H groups in total. The number of aromatic nitrogens is 2. The summed E-state index contributed by atoms with van der Waals surface area (Å²) in [6, 6.07) is 25.9. The summed E-state index contributed by atoms with van der Waals surface area (Å²) >= 11 is 0. The van der Waals surface area contributed by atoms with E-state index >= 15 is 0 Å². The average molecular weight is 342 g/mol. The third kappa shape index (κ3) is 3.09. The van der Waals surface area contributed by atoms with Gasteiger partial charge in [0.05, 0.1) is 23.9 Å². The highest BCUT2D eigenvalue weighted by molar-refractivity contribution is 5.89. The summed E-state index contributed by atoms with van der Waals surface area (Å²) in [5.41, 5.74) is 5.74. The van der Waals surface area contributed by atoms with Crippen LogP contribution in [0.2, 0.25) is 0 Å². The van der Waals surface area contributed by atoms with E-state index in [1.165, 1.54) is 7.11 Å². The van der Waals surface area contributed by atoms with Crippen LogP contribution in [0.4, 0.5) is 0 Å². The van der Waals surface area contributed by atoms with E-state index in [-0.39, 0.29) is 5.97 Å². The number of esters is 1. The van der Waals surface area contributed by atoms with Gasteiger partial charge in [-0.05, 0) is 35.9 Å². The quantitative estimate of drug-likeness (QED) is 0.517. The molecule has 0 radical (unpaired) electrons. The number of ether oxygens (including phenoxy) is 1. The molecule has 0 fully saturated rings. The van der Waals surface area contributed by atoms with Crippen LogP contribution in [-0.2, 0) is 11.2 Å². The number of hydrogen-bond acceptors (Lipinski definition) is 3. The Kier molecular flexibility index (Phi) is 4.23. The topological polar surface area (TPSA) is 43.6 Å². The van der Waals surface area contributed by atoms with E-state index < -0.39 is 0 Å². The molecule has 4 nitrogen and oxygen atoms in total. The Bertz CT molecular complexity index is 1070. The molecular weight excluding hydrogens is 324 g/mol. The first kappa shape index (κ1) is 16.1. The van der Waals surface area contributed by atoms with Crippen molar-refractivity contribution in [2.24, 2.45) is 0 Å². The van der Waals surface area contributed by atoms with Gasteiger partial charge >= 0.3 is 5.97 Å². The van der Waals surface area contributed by atoms with E-state index in [2.05, 4.69) is 24.3 Å². The number of hydrogen-bond donors (Lipinski definition) is 0. The molecule has 2 aromatic heterocycles. The van der Waals surface area contributed by atoms with E-state index in [4.69, 9.17) is 9.84 Å². The molecular formula is C22H18N2O2. The molecule has 0 atom stereocenters. The molecule has 0 amide bonds. The Hall–Kier alpha value is -3.40. The Morgan fingerprint density at radius 3 is 2.58 bits per heavy atom. The Morgan fingerprint density at radius 2 is 1.77 bits per heavy atom. The maximum absolute atomic E-state index is 11.8. The highest BCUT2D eigenvalue weighted by Crippen LogP contribution is 2.21. The fraction of sp³-hybridized carbons (Fsp3) is 0.0909. The highest BCUT2D eigenvalue weighted by atomic mass is 16.5. The van der Waals surface area contributed by atoms with Crippen molar-refractivity contribution in [3.63, 3.8) is 0 Å². The van der Waals surface area contributed by atoms with Crippen molar-refractivity contribution in [3.8, 4) is 11.3 Å². The van der Waals surface area contributed by atoms with Crippen molar-refractivity contribution in [1.82, 2.24) is 9.61 Å². The largest absolute Gasteiger partial charge is 0.465 e. The van der Waals surface area contributed by atoms with Crippen molar-refractivity contribution in [2.75, 3.05) is 7.11 Å². The van der Waals surface area contributed by atoms with Crippen molar-refractivity contribution in [3.05, 3.63) is 95.7 Å². The third-order valence-corrected chi connectivity index (χ3v) is 4.37. The van der Waals surface area contributed by atoms with Gasteiger partial charge in [-0.2, -0.15) is 5.10 Å². The fourth-order valence-corrected chi connectivity index (χ4v) is 3.09. The first-order valence-corrected chi connectivity index (χ1v) is 8.45. The number of pyridine rings is 1. The van der Waals surface area contributed by atoms with Gasteiger partial charge in [-0.15, -0.1) is 0 Å². The van der Waals surface area contributed by atoms with Crippen LogP contribution in [0.1, 0.15) is 21.6 Å². The molecule has 0 unspecified atom stereocenters. The minimum Gasteiger partial charge on any atom is -0.465 e. The number of benzene rings is 2. The van der Waals surface area contributed by atoms with Crippen molar-refractivity contribution in [2.45, 2.75) is 6.42 Å². The summed E-state index contributed by atoms with van der Waals surface area (Å²) in [7, 11) is 1.39. The lowest BCUT2D eigenvalue weighted by Gasteiger charge is -2.07. The molecule has 128 valence electrons. The highest BCUT2D eigenvalue weighted by Gasteiger charge is 2.10. The van der Waals surface area contributed by atoms with Crippen LogP contribution in [0.25, 0.3) is 16.8 Å². The summed E-state index contributed by atoms with van der Waals surface area (Å²) in [6.07, 6.45) is 0.679. The Morgan fingerprint density at radius 1 is 0.962 bits per heavy atom. The minimum atomic E-state index is -0.324. The molecule has 2 heterocycles. The second kappa shape index (κ2) is 6.84. The van der Waals surface area contributed by atoms with Crippen LogP contribution in [0.5, 0.6) is 0 Å². The van der Waals surface area contributed by atoms with E-state index in [1.807, 2.05) is 53.0 Å². The van der Waals surface area contributed by atoms with Crippen LogP contribution < -0.4 is 0 Å². The molecule has 0 aliphatic heterocycles. The summed E-state index contributed by atoms with van der Waals surface area (Å²) < 4.78 is 6.77. The lowest BCUT2D eigenvalue weighted by molar-refractivity contribution is 0.0600. The maximum Gasteiger partial charge on any atom is 0.337 e. The monoisotopic (exact) mass is 342 g/mol. The molecule has 4 aromatic rings. The Balaban J connectivity index is 1.71. The van der Waals surface area contributed by atoms with E-state index in [1.54, 1.807) is 6.07 Å². The van der Waals surface area contributed by atoms with Crippen LogP contribution >= 0.6 is 0 Å². The maximum atomic E-state index is 11.8. The van der Waals surface area contributed by atoms with Crippen molar-refractivity contribution < 1.29 is 9.53 Å². The standard InChI is InChI=1S/C22H18N2O2/c1-26-22(25)18-10-5-7-16(13-18)14-19-11-6-12-20-15-21(23-24(19)20)17-8-3-2-4-9-17/h2-13,15H,14H2,1H3. The molecule has 4 rings (SSSR count). The zero-order valence-electron chi connectivity index (χ0n) is 14.4. The van der Waals surface area contributed by atoms with Gasteiger partial charge in [0, 0.05) is 17.7 Å². The number of nitrogens with zero attached hydrogens (tertiary/aromatic N) is 2. The predicted octanol–water partition coefficient (Wildman–Crippen LogP) is 4.38. The minimum absolute atomic E-state index is 0.324. The fourth-order valence-electron chi connectivity index (χ4n) is 3.09. The molecule has 4 heteroatoms. The summed E-state index contributed by atoms with van der Waals surface area (Å²) in [5, 5.41) is 4.78.